The molecular formula is C19H13ClF5N3O2. The summed E-state index contributed by atoms with van der Waals surface area (Å²) in [7, 11) is 0. The van der Waals surface area contributed by atoms with Gasteiger partial charge in [0.25, 0.3) is 5.91 Å². The van der Waals surface area contributed by atoms with Crippen LogP contribution in [-0.2, 0) is 17.5 Å². The molecule has 0 unspecified atom stereocenters. The van der Waals surface area contributed by atoms with Gasteiger partial charge in [-0.3, -0.25) is 4.79 Å². The second-order valence-corrected chi connectivity index (χ2v) is 6.44. The van der Waals surface area contributed by atoms with Gasteiger partial charge in [-0.25, -0.2) is 8.78 Å². The summed E-state index contributed by atoms with van der Waals surface area (Å²) in [4.78, 5) is 12.0. The summed E-state index contributed by atoms with van der Waals surface area (Å²) in [6.07, 6.45) is -4.75. The van der Waals surface area contributed by atoms with Crippen molar-refractivity contribution in [3.8, 4) is 11.6 Å². The third-order valence-electron chi connectivity index (χ3n) is 3.88. The third-order valence-corrected chi connectivity index (χ3v) is 4.20. The van der Waals surface area contributed by atoms with Crippen LogP contribution in [0.25, 0.3) is 5.69 Å². The van der Waals surface area contributed by atoms with Gasteiger partial charge in [-0.15, -0.1) is 0 Å². The maximum Gasteiger partial charge on any atom is 0.435 e. The quantitative estimate of drug-likeness (QED) is 0.568. The number of para-hydroxylation sites is 1. The first-order valence-electron chi connectivity index (χ1n) is 8.41. The molecule has 1 amide bonds. The van der Waals surface area contributed by atoms with Gasteiger partial charge in [0.1, 0.15) is 11.6 Å². The second kappa shape index (κ2) is 8.70. The monoisotopic (exact) mass is 445 g/mol. The molecule has 0 bridgehead atoms. The fourth-order valence-electron chi connectivity index (χ4n) is 2.46. The molecule has 158 valence electrons. The molecule has 0 saturated heterocycles. The van der Waals surface area contributed by atoms with Crippen molar-refractivity contribution in [1.29, 1.82) is 0 Å². The van der Waals surface area contributed by atoms with Gasteiger partial charge in [0.15, 0.2) is 12.3 Å². The Labute approximate surface area is 172 Å². The second-order valence-electron chi connectivity index (χ2n) is 6.03. The molecule has 0 spiro atoms. The Morgan fingerprint density at radius 3 is 2.57 bits per heavy atom. The highest BCUT2D eigenvalue weighted by Crippen LogP contribution is 2.33. The van der Waals surface area contributed by atoms with Crippen LogP contribution in [0.1, 0.15) is 11.3 Å². The molecular weight excluding hydrogens is 433 g/mol. The maximum atomic E-state index is 13.6. The Hall–Kier alpha value is -3.14. The molecule has 0 aliphatic rings. The standard InChI is InChI=1S/C19H13ClF5N3O2/c20-13-3-1-2-4-15(13)28-18(8-16(27-28)19(23,24)25)30-10-17(29)26-9-11-7-12(21)5-6-14(11)22/h1-8H,9-10H2,(H,26,29). The van der Waals surface area contributed by atoms with E-state index < -0.39 is 36.0 Å². The summed E-state index contributed by atoms with van der Waals surface area (Å²) < 4.78 is 72.0. The largest absolute Gasteiger partial charge is 0.467 e. The Morgan fingerprint density at radius 2 is 1.87 bits per heavy atom. The van der Waals surface area contributed by atoms with Crippen molar-refractivity contribution < 1.29 is 31.5 Å². The summed E-state index contributed by atoms with van der Waals surface area (Å²) >= 11 is 6.02. The van der Waals surface area contributed by atoms with Crippen LogP contribution in [-0.4, -0.2) is 22.3 Å². The maximum absolute atomic E-state index is 13.6. The summed E-state index contributed by atoms with van der Waals surface area (Å²) in [6.45, 7) is -1.02. The Balaban J connectivity index is 1.74. The van der Waals surface area contributed by atoms with Crippen molar-refractivity contribution in [1.82, 2.24) is 15.1 Å². The lowest BCUT2D eigenvalue weighted by Crippen LogP contribution is -2.29. The van der Waals surface area contributed by atoms with Crippen LogP contribution >= 0.6 is 11.6 Å². The van der Waals surface area contributed by atoms with Gasteiger partial charge in [-0.2, -0.15) is 23.0 Å². The number of nitrogens with one attached hydrogen (secondary N) is 1. The van der Waals surface area contributed by atoms with Crippen LogP contribution in [0.3, 0.4) is 0 Å². The van der Waals surface area contributed by atoms with E-state index in [4.69, 9.17) is 16.3 Å². The zero-order valence-corrected chi connectivity index (χ0v) is 15.8. The number of nitrogens with zero attached hydrogens (tertiary/aromatic N) is 2. The SMILES string of the molecule is O=C(COc1cc(C(F)(F)F)nn1-c1ccccc1Cl)NCc1cc(F)ccc1F. The molecule has 1 N–H and O–H groups in total. The normalized spacial score (nSPS) is 11.4. The van der Waals surface area contributed by atoms with Gasteiger partial charge < -0.3 is 10.1 Å². The summed E-state index contributed by atoms with van der Waals surface area (Å²) in [6, 6.07) is 9.39. The van der Waals surface area contributed by atoms with E-state index in [1.165, 1.54) is 12.1 Å². The molecule has 5 nitrogen and oxygen atoms in total. The Kier molecular flexibility index (Phi) is 6.25. The Bertz CT molecular complexity index is 1070. The number of rotatable bonds is 6. The number of carbonyl (C=O) groups excluding carboxylic acids is 1. The van der Waals surface area contributed by atoms with Gasteiger partial charge in [0, 0.05) is 18.2 Å². The lowest BCUT2D eigenvalue weighted by atomic mass is 10.2. The number of carbonyl (C=O) groups is 1. The van der Waals surface area contributed by atoms with Crippen molar-refractivity contribution >= 4 is 17.5 Å². The van der Waals surface area contributed by atoms with E-state index in [0.717, 1.165) is 22.9 Å². The first-order chi connectivity index (χ1) is 14.1. The number of amides is 1. The van der Waals surface area contributed by atoms with Crippen molar-refractivity contribution in [3.05, 3.63) is 76.4 Å². The van der Waals surface area contributed by atoms with Gasteiger partial charge in [0.2, 0.25) is 5.88 Å². The molecule has 0 aliphatic heterocycles. The van der Waals surface area contributed by atoms with E-state index in [2.05, 4.69) is 10.4 Å². The van der Waals surface area contributed by atoms with E-state index in [-0.39, 0.29) is 28.7 Å². The third kappa shape index (κ3) is 5.07. The molecule has 0 radical (unpaired) electrons. The summed E-state index contributed by atoms with van der Waals surface area (Å²) in [5.41, 5.74) is -1.21. The first kappa shape index (κ1) is 21.6. The van der Waals surface area contributed by atoms with Crippen LogP contribution in [0.5, 0.6) is 5.88 Å². The van der Waals surface area contributed by atoms with Gasteiger partial charge in [0.05, 0.1) is 10.7 Å². The number of hydrogen-bond acceptors (Lipinski definition) is 3. The minimum atomic E-state index is -4.75. The molecule has 3 rings (SSSR count). The minimum absolute atomic E-state index is 0.0937. The number of ether oxygens (including phenoxy) is 1. The van der Waals surface area contributed by atoms with Crippen LogP contribution < -0.4 is 10.1 Å². The smallest absolute Gasteiger partial charge is 0.435 e. The molecule has 1 heterocycles. The lowest BCUT2D eigenvalue weighted by Gasteiger charge is -2.11. The number of alkyl halides is 3. The lowest BCUT2D eigenvalue weighted by molar-refractivity contribution is -0.141. The number of benzene rings is 2. The van der Waals surface area contributed by atoms with Crippen LogP contribution in [0, 0.1) is 11.6 Å². The highest BCUT2D eigenvalue weighted by atomic mass is 35.5. The Morgan fingerprint density at radius 1 is 1.13 bits per heavy atom. The topological polar surface area (TPSA) is 56.1 Å². The van der Waals surface area contributed by atoms with Crippen LogP contribution in [0.2, 0.25) is 5.02 Å². The average molecular weight is 446 g/mol. The molecule has 2 aromatic carbocycles. The molecule has 0 fully saturated rings. The predicted molar refractivity (Wildman–Crippen MR) is 97.3 cm³/mol. The van der Waals surface area contributed by atoms with E-state index in [1.807, 2.05) is 0 Å². The first-order valence-corrected chi connectivity index (χ1v) is 8.78. The minimum Gasteiger partial charge on any atom is -0.467 e. The molecule has 11 heteroatoms. The fraction of sp³-hybridized carbons (Fsp3) is 0.158. The number of aromatic nitrogens is 2. The van der Waals surface area contributed by atoms with Gasteiger partial charge in [-0.05, 0) is 30.3 Å². The molecule has 30 heavy (non-hydrogen) atoms. The molecule has 0 aliphatic carbocycles. The number of halogens is 6. The predicted octanol–water partition coefficient (Wildman–Crippen LogP) is 4.52. The van der Waals surface area contributed by atoms with E-state index in [9.17, 15) is 26.7 Å². The highest BCUT2D eigenvalue weighted by Gasteiger charge is 2.36. The average Bonchev–Trinajstić information content (AvgIpc) is 3.12. The van der Waals surface area contributed by atoms with E-state index in [0.29, 0.717) is 6.07 Å². The van der Waals surface area contributed by atoms with Crippen molar-refractivity contribution in [3.63, 3.8) is 0 Å². The van der Waals surface area contributed by atoms with E-state index in [1.54, 1.807) is 12.1 Å². The van der Waals surface area contributed by atoms with E-state index >= 15 is 0 Å². The van der Waals surface area contributed by atoms with Crippen LogP contribution in [0.4, 0.5) is 22.0 Å². The molecule has 0 saturated carbocycles. The van der Waals surface area contributed by atoms with Gasteiger partial charge in [-0.1, -0.05) is 23.7 Å². The number of hydrogen-bond donors (Lipinski definition) is 1. The van der Waals surface area contributed by atoms with Crippen molar-refractivity contribution in [2.75, 3.05) is 6.61 Å². The molecule has 1 aromatic heterocycles. The zero-order valence-electron chi connectivity index (χ0n) is 15.0. The zero-order chi connectivity index (χ0) is 21.9. The molecule has 3 aromatic rings. The summed E-state index contributed by atoms with van der Waals surface area (Å²) in [5.74, 6) is -2.54. The highest BCUT2D eigenvalue weighted by molar-refractivity contribution is 6.32. The van der Waals surface area contributed by atoms with Crippen LogP contribution in [0.15, 0.2) is 48.5 Å². The fourth-order valence-corrected chi connectivity index (χ4v) is 2.68. The van der Waals surface area contributed by atoms with Gasteiger partial charge >= 0.3 is 6.18 Å². The molecule has 0 atom stereocenters. The van der Waals surface area contributed by atoms with Crippen molar-refractivity contribution in [2.45, 2.75) is 12.7 Å². The van der Waals surface area contributed by atoms with Crippen molar-refractivity contribution in [2.24, 2.45) is 0 Å². The summed E-state index contributed by atoms with van der Waals surface area (Å²) in [5, 5.41) is 5.88.